The Labute approximate surface area is 87.7 Å². The molecule has 0 saturated carbocycles. The first-order valence-corrected chi connectivity index (χ1v) is 5.28. The Hall–Kier alpha value is -1.71. The second kappa shape index (κ2) is 3.15. The standard InChI is InChI=1S/C11H13N3O/c1-2-12-11-8-3-4-9-7(5-6-15-9)10(8)13-14-11/h5-6H,2-4H2,1H3,(H2,12,13,14). The fraction of sp³-hybridized carbons (Fsp3) is 0.364. The van der Waals surface area contributed by atoms with E-state index in [1.54, 1.807) is 6.26 Å². The van der Waals surface area contributed by atoms with Crippen molar-refractivity contribution in [2.24, 2.45) is 0 Å². The van der Waals surface area contributed by atoms with Gasteiger partial charge in [-0.05, 0) is 19.4 Å². The van der Waals surface area contributed by atoms with Crippen LogP contribution in [-0.4, -0.2) is 16.7 Å². The summed E-state index contributed by atoms with van der Waals surface area (Å²) in [7, 11) is 0. The van der Waals surface area contributed by atoms with Crippen molar-refractivity contribution >= 4 is 5.82 Å². The van der Waals surface area contributed by atoms with Gasteiger partial charge >= 0.3 is 0 Å². The summed E-state index contributed by atoms with van der Waals surface area (Å²) in [4.78, 5) is 0. The Balaban J connectivity index is 2.11. The molecule has 0 spiro atoms. The molecule has 0 aliphatic heterocycles. The van der Waals surface area contributed by atoms with Gasteiger partial charge in [0.25, 0.3) is 0 Å². The molecule has 3 rings (SSSR count). The molecular weight excluding hydrogens is 190 g/mol. The minimum Gasteiger partial charge on any atom is -0.469 e. The Bertz CT molecular complexity index is 484. The maximum Gasteiger partial charge on any atom is 0.151 e. The Morgan fingerprint density at radius 2 is 2.47 bits per heavy atom. The molecule has 2 heterocycles. The van der Waals surface area contributed by atoms with Crippen LogP contribution in [0.2, 0.25) is 0 Å². The van der Waals surface area contributed by atoms with Crippen molar-refractivity contribution in [3.8, 4) is 11.3 Å². The number of aromatic amines is 1. The van der Waals surface area contributed by atoms with Gasteiger partial charge in [-0.3, -0.25) is 5.10 Å². The van der Waals surface area contributed by atoms with Crippen molar-refractivity contribution in [1.82, 2.24) is 10.2 Å². The van der Waals surface area contributed by atoms with E-state index in [1.807, 2.05) is 6.07 Å². The lowest BCUT2D eigenvalue weighted by atomic mass is 9.96. The highest BCUT2D eigenvalue weighted by molar-refractivity contribution is 5.72. The summed E-state index contributed by atoms with van der Waals surface area (Å²) in [5.74, 6) is 2.05. The minimum atomic E-state index is 0.898. The van der Waals surface area contributed by atoms with E-state index in [9.17, 15) is 0 Å². The van der Waals surface area contributed by atoms with E-state index in [4.69, 9.17) is 4.42 Å². The quantitative estimate of drug-likeness (QED) is 0.786. The zero-order valence-electron chi connectivity index (χ0n) is 8.63. The topological polar surface area (TPSA) is 53.9 Å². The third-order valence-corrected chi connectivity index (χ3v) is 2.83. The molecule has 0 bridgehead atoms. The highest BCUT2D eigenvalue weighted by Crippen LogP contribution is 2.35. The Kier molecular flexibility index (Phi) is 1.80. The highest BCUT2D eigenvalue weighted by Gasteiger charge is 2.23. The molecule has 4 heteroatoms. The first-order valence-electron chi connectivity index (χ1n) is 5.28. The molecule has 2 aromatic rings. The van der Waals surface area contributed by atoms with E-state index in [1.165, 1.54) is 5.56 Å². The van der Waals surface area contributed by atoms with Gasteiger partial charge in [-0.25, -0.2) is 0 Å². The molecule has 0 atom stereocenters. The normalized spacial score (nSPS) is 13.4. The van der Waals surface area contributed by atoms with Crippen molar-refractivity contribution in [3.63, 3.8) is 0 Å². The first kappa shape index (κ1) is 8.59. The van der Waals surface area contributed by atoms with Crippen LogP contribution in [0.1, 0.15) is 18.2 Å². The number of fused-ring (bicyclic) bond motifs is 3. The summed E-state index contributed by atoms with van der Waals surface area (Å²) >= 11 is 0. The molecule has 1 aliphatic carbocycles. The van der Waals surface area contributed by atoms with E-state index >= 15 is 0 Å². The molecule has 0 amide bonds. The number of hydrogen-bond donors (Lipinski definition) is 2. The molecule has 2 aromatic heterocycles. The summed E-state index contributed by atoms with van der Waals surface area (Å²) in [6.07, 6.45) is 3.70. The van der Waals surface area contributed by atoms with Crippen molar-refractivity contribution in [2.75, 3.05) is 11.9 Å². The summed E-state index contributed by atoms with van der Waals surface area (Å²) in [6, 6.07) is 2.00. The molecule has 4 nitrogen and oxygen atoms in total. The predicted molar refractivity (Wildman–Crippen MR) is 57.9 cm³/mol. The molecule has 0 aromatic carbocycles. The minimum absolute atomic E-state index is 0.898. The van der Waals surface area contributed by atoms with Gasteiger partial charge < -0.3 is 9.73 Å². The predicted octanol–water partition coefficient (Wildman–Crippen LogP) is 2.20. The lowest BCUT2D eigenvalue weighted by Crippen LogP contribution is -2.04. The monoisotopic (exact) mass is 203 g/mol. The van der Waals surface area contributed by atoms with Gasteiger partial charge in [-0.1, -0.05) is 0 Å². The van der Waals surface area contributed by atoms with E-state index in [0.717, 1.165) is 42.2 Å². The number of nitrogens with one attached hydrogen (secondary N) is 2. The van der Waals surface area contributed by atoms with Crippen LogP contribution in [0.25, 0.3) is 11.3 Å². The third kappa shape index (κ3) is 1.17. The largest absolute Gasteiger partial charge is 0.469 e. The van der Waals surface area contributed by atoms with Crippen LogP contribution in [0.3, 0.4) is 0 Å². The van der Waals surface area contributed by atoms with Gasteiger partial charge in [0.1, 0.15) is 5.76 Å². The van der Waals surface area contributed by atoms with Crippen LogP contribution >= 0.6 is 0 Å². The van der Waals surface area contributed by atoms with Crippen LogP contribution in [0.15, 0.2) is 16.7 Å². The third-order valence-electron chi connectivity index (χ3n) is 2.83. The molecule has 15 heavy (non-hydrogen) atoms. The van der Waals surface area contributed by atoms with Gasteiger partial charge in [0.2, 0.25) is 0 Å². The average Bonchev–Trinajstić information content (AvgIpc) is 2.83. The van der Waals surface area contributed by atoms with Gasteiger partial charge in [-0.15, -0.1) is 0 Å². The van der Waals surface area contributed by atoms with Crippen molar-refractivity contribution in [3.05, 3.63) is 23.7 Å². The Morgan fingerprint density at radius 1 is 1.53 bits per heavy atom. The van der Waals surface area contributed by atoms with Gasteiger partial charge in [0, 0.05) is 24.1 Å². The van der Waals surface area contributed by atoms with E-state index in [2.05, 4.69) is 22.4 Å². The zero-order chi connectivity index (χ0) is 10.3. The molecular formula is C11H13N3O. The lowest BCUT2D eigenvalue weighted by molar-refractivity contribution is 0.507. The number of hydrogen-bond acceptors (Lipinski definition) is 3. The number of furan rings is 1. The van der Waals surface area contributed by atoms with Crippen molar-refractivity contribution in [2.45, 2.75) is 19.8 Å². The van der Waals surface area contributed by atoms with Crippen molar-refractivity contribution < 1.29 is 4.42 Å². The van der Waals surface area contributed by atoms with Gasteiger partial charge in [-0.2, -0.15) is 5.10 Å². The number of anilines is 1. The number of aryl methyl sites for hydroxylation is 1. The molecule has 1 aliphatic rings. The lowest BCUT2D eigenvalue weighted by Gasteiger charge is -2.11. The number of nitrogens with zero attached hydrogens (tertiary/aromatic N) is 1. The summed E-state index contributed by atoms with van der Waals surface area (Å²) in [5.41, 5.74) is 3.56. The van der Waals surface area contributed by atoms with Crippen LogP contribution in [0.4, 0.5) is 5.82 Å². The average molecular weight is 203 g/mol. The first-order chi connectivity index (χ1) is 7.40. The summed E-state index contributed by atoms with van der Waals surface area (Å²) in [5, 5.41) is 10.6. The molecule has 0 saturated heterocycles. The number of rotatable bonds is 2. The summed E-state index contributed by atoms with van der Waals surface area (Å²) < 4.78 is 5.41. The molecule has 78 valence electrons. The Morgan fingerprint density at radius 3 is 3.33 bits per heavy atom. The molecule has 0 fully saturated rings. The second-order valence-electron chi connectivity index (χ2n) is 3.71. The number of H-pyrrole nitrogens is 1. The van der Waals surface area contributed by atoms with Crippen LogP contribution < -0.4 is 5.32 Å². The zero-order valence-corrected chi connectivity index (χ0v) is 8.63. The number of aromatic nitrogens is 2. The van der Waals surface area contributed by atoms with Crippen molar-refractivity contribution in [1.29, 1.82) is 0 Å². The molecule has 2 N–H and O–H groups in total. The van der Waals surface area contributed by atoms with E-state index < -0.39 is 0 Å². The van der Waals surface area contributed by atoms with Crippen LogP contribution in [-0.2, 0) is 12.8 Å². The maximum absolute atomic E-state index is 5.41. The molecule has 0 radical (unpaired) electrons. The smallest absolute Gasteiger partial charge is 0.151 e. The van der Waals surface area contributed by atoms with Gasteiger partial charge in [0.05, 0.1) is 12.0 Å². The maximum atomic E-state index is 5.41. The molecule has 0 unspecified atom stereocenters. The SMILES string of the molecule is CCNc1n[nH]c2c1CCc1occc1-2. The fourth-order valence-corrected chi connectivity index (χ4v) is 2.14. The highest BCUT2D eigenvalue weighted by atomic mass is 16.3. The van der Waals surface area contributed by atoms with E-state index in [0.29, 0.717) is 0 Å². The van der Waals surface area contributed by atoms with Crippen LogP contribution in [0, 0.1) is 0 Å². The van der Waals surface area contributed by atoms with Gasteiger partial charge in [0.15, 0.2) is 5.82 Å². The van der Waals surface area contributed by atoms with Crippen LogP contribution in [0.5, 0.6) is 0 Å². The summed E-state index contributed by atoms with van der Waals surface area (Å²) in [6.45, 7) is 2.97. The van der Waals surface area contributed by atoms with E-state index in [-0.39, 0.29) is 0 Å². The second-order valence-corrected chi connectivity index (χ2v) is 3.71. The fourth-order valence-electron chi connectivity index (χ4n) is 2.14.